The zero-order valence-electron chi connectivity index (χ0n) is 10.1. The molecule has 0 bridgehead atoms. The third-order valence-electron chi connectivity index (χ3n) is 1.86. The Morgan fingerprint density at radius 3 is 1.29 bits per heavy atom. The molecule has 84 valence electrons. The monoisotopic (exact) mass is 232 g/mol. The summed E-state index contributed by atoms with van der Waals surface area (Å²) in [6.07, 6.45) is 0. The van der Waals surface area contributed by atoms with E-state index < -0.39 is 0 Å². The second-order valence-corrected chi connectivity index (χ2v) is 9.97. The SMILES string of the molecule is C[Si](C)CCOCCOCC[Si](C)C. The van der Waals surface area contributed by atoms with Gasteiger partial charge in [-0.05, 0) is 12.1 Å². The maximum atomic E-state index is 5.46. The Bertz CT molecular complexity index is 105. The van der Waals surface area contributed by atoms with E-state index in [0.29, 0.717) is 0 Å². The van der Waals surface area contributed by atoms with Gasteiger partial charge in [0.1, 0.15) is 0 Å². The molecule has 0 aromatic rings. The van der Waals surface area contributed by atoms with Gasteiger partial charge in [-0.2, -0.15) is 0 Å². The minimum atomic E-state index is -0.105. The van der Waals surface area contributed by atoms with E-state index in [1.807, 2.05) is 0 Å². The first-order valence-corrected chi connectivity index (χ1v) is 10.8. The van der Waals surface area contributed by atoms with E-state index in [2.05, 4.69) is 26.2 Å². The van der Waals surface area contributed by atoms with Crippen molar-refractivity contribution in [2.45, 2.75) is 38.3 Å². The van der Waals surface area contributed by atoms with Crippen molar-refractivity contribution in [1.82, 2.24) is 0 Å². The molecular weight excluding hydrogens is 208 g/mol. The smallest absolute Gasteiger partial charge is 0.0700 e. The van der Waals surface area contributed by atoms with Crippen LogP contribution in [0.3, 0.4) is 0 Å². The molecule has 0 aliphatic heterocycles. The first-order valence-electron chi connectivity index (χ1n) is 5.36. The highest BCUT2D eigenvalue weighted by molar-refractivity contribution is 6.56. The van der Waals surface area contributed by atoms with Crippen LogP contribution in [0.25, 0.3) is 0 Å². The summed E-state index contributed by atoms with van der Waals surface area (Å²) >= 11 is 0. The first-order chi connectivity index (χ1) is 6.63. The van der Waals surface area contributed by atoms with E-state index in [1.54, 1.807) is 0 Å². The molecule has 2 nitrogen and oxygen atoms in total. The van der Waals surface area contributed by atoms with Crippen LogP contribution >= 0.6 is 0 Å². The van der Waals surface area contributed by atoms with Crippen LogP contribution in [0.5, 0.6) is 0 Å². The van der Waals surface area contributed by atoms with E-state index in [0.717, 1.165) is 26.4 Å². The molecule has 0 aliphatic rings. The average Bonchev–Trinajstić information content (AvgIpc) is 2.08. The second kappa shape index (κ2) is 9.89. The van der Waals surface area contributed by atoms with Gasteiger partial charge in [0, 0.05) is 30.8 Å². The van der Waals surface area contributed by atoms with Crippen molar-refractivity contribution in [3.05, 3.63) is 0 Å². The van der Waals surface area contributed by atoms with E-state index in [4.69, 9.17) is 9.47 Å². The van der Waals surface area contributed by atoms with Crippen molar-refractivity contribution in [2.24, 2.45) is 0 Å². The Morgan fingerprint density at radius 2 is 1.00 bits per heavy atom. The Hall–Kier alpha value is 0.354. The molecule has 0 aromatic carbocycles. The van der Waals surface area contributed by atoms with Gasteiger partial charge in [-0.15, -0.1) is 0 Å². The third kappa shape index (κ3) is 12.4. The minimum Gasteiger partial charge on any atom is -0.379 e. The molecule has 0 N–H and O–H groups in total. The fourth-order valence-electron chi connectivity index (χ4n) is 0.875. The molecule has 0 aliphatic carbocycles. The summed E-state index contributed by atoms with van der Waals surface area (Å²) in [6.45, 7) is 12.6. The van der Waals surface area contributed by atoms with Crippen LogP contribution in [0.1, 0.15) is 0 Å². The summed E-state index contributed by atoms with van der Waals surface area (Å²) < 4.78 is 10.9. The van der Waals surface area contributed by atoms with Gasteiger partial charge >= 0.3 is 0 Å². The predicted molar refractivity (Wildman–Crippen MR) is 66.2 cm³/mol. The van der Waals surface area contributed by atoms with Gasteiger partial charge in [0.05, 0.1) is 13.2 Å². The van der Waals surface area contributed by atoms with Gasteiger partial charge in [0.2, 0.25) is 0 Å². The molecule has 0 unspecified atom stereocenters. The molecule has 0 fully saturated rings. The normalized spacial score (nSPS) is 11.6. The number of hydrogen-bond donors (Lipinski definition) is 0. The van der Waals surface area contributed by atoms with E-state index in [1.165, 1.54) is 12.1 Å². The summed E-state index contributed by atoms with van der Waals surface area (Å²) in [4.78, 5) is 0. The minimum absolute atomic E-state index is 0.105. The predicted octanol–water partition coefficient (Wildman–Crippen LogP) is 2.53. The topological polar surface area (TPSA) is 18.5 Å². The van der Waals surface area contributed by atoms with E-state index in [-0.39, 0.29) is 17.6 Å². The molecule has 0 amide bonds. The highest BCUT2D eigenvalue weighted by Gasteiger charge is 1.97. The zero-order valence-corrected chi connectivity index (χ0v) is 12.1. The van der Waals surface area contributed by atoms with Crippen LogP contribution in [0.2, 0.25) is 38.3 Å². The van der Waals surface area contributed by atoms with Crippen molar-refractivity contribution in [3.63, 3.8) is 0 Å². The van der Waals surface area contributed by atoms with Gasteiger partial charge in [-0.25, -0.2) is 0 Å². The zero-order chi connectivity index (χ0) is 10.8. The van der Waals surface area contributed by atoms with Crippen LogP contribution < -0.4 is 0 Å². The van der Waals surface area contributed by atoms with Crippen molar-refractivity contribution < 1.29 is 9.47 Å². The Labute approximate surface area is 92.2 Å². The van der Waals surface area contributed by atoms with Crippen molar-refractivity contribution in [1.29, 1.82) is 0 Å². The molecule has 0 spiro atoms. The van der Waals surface area contributed by atoms with Crippen LogP contribution in [0.15, 0.2) is 0 Å². The fourth-order valence-corrected chi connectivity index (χ4v) is 1.98. The lowest BCUT2D eigenvalue weighted by molar-refractivity contribution is 0.0581. The molecule has 4 heteroatoms. The maximum absolute atomic E-state index is 5.46. The van der Waals surface area contributed by atoms with Crippen LogP contribution in [-0.2, 0) is 9.47 Å². The maximum Gasteiger partial charge on any atom is 0.0700 e. The lowest BCUT2D eigenvalue weighted by atomic mass is 10.7. The molecular formula is C10H24O2Si2. The van der Waals surface area contributed by atoms with Gasteiger partial charge in [0.15, 0.2) is 0 Å². The fraction of sp³-hybridized carbons (Fsp3) is 1.00. The molecule has 0 heterocycles. The molecule has 0 rings (SSSR count). The van der Waals surface area contributed by atoms with Gasteiger partial charge in [-0.3, -0.25) is 0 Å². The Morgan fingerprint density at radius 1 is 0.643 bits per heavy atom. The van der Waals surface area contributed by atoms with Crippen molar-refractivity contribution >= 4 is 17.6 Å². The van der Waals surface area contributed by atoms with Crippen LogP contribution in [0.4, 0.5) is 0 Å². The standard InChI is InChI=1S/C10H24O2Si2/c1-13(2)9-7-11-5-6-12-8-10-14(3)4/h5-10H2,1-4H3. The lowest BCUT2D eigenvalue weighted by Crippen LogP contribution is -2.11. The summed E-state index contributed by atoms with van der Waals surface area (Å²) in [5, 5.41) is 0. The summed E-state index contributed by atoms with van der Waals surface area (Å²) in [6, 6.07) is 2.50. The Kier molecular flexibility index (Phi) is 10.1. The van der Waals surface area contributed by atoms with E-state index >= 15 is 0 Å². The molecule has 0 saturated heterocycles. The Balaban J connectivity index is 2.92. The molecule has 2 radical (unpaired) electrons. The van der Waals surface area contributed by atoms with Crippen molar-refractivity contribution in [3.8, 4) is 0 Å². The molecule has 0 saturated carbocycles. The van der Waals surface area contributed by atoms with Crippen LogP contribution in [-0.4, -0.2) is 44.0 Å². The number of rotatable bonds is 9. The molecule has 0 atom stereocenters. The number of ether oxygens (including phenoxy) is 2. The molecule has 14 heavy (non-hydrogen) atoms. The van der Waals surface area contributed by atoms with Crippen molar-refractivity contribution in [2.75, 3.05) is 26.4 Å². The van der Waals surface area contributed by atoms with Gasteiger partial charge in [0.25, 0.3) is 0 Å². The highest BCUT2D eigenvalue weighted by atomic mass is 28.3. The summed E-state index contributed by atoms with van der Waals surface area (Å²) in [5.74, 6) is 0. The van der Waals surface area contributed by atoms with E-state index in [9.17, 15) is 0 Å². The van der Waals surface area contributed by atoms with Gasteiger partial charge in [-0.1, -0.05) is 26.2 Å². The van der Waals surface area contributed by atoms with Crippen LogP contribution in [0, 0.1) is 0 Å². The quantitative estimate of drug-likeness (QED) is 0.449. The highest BCUT2D eigenvalue weighted by Crippen LogP contribution is 1.93. The number of hydrogen-bond acceptors (Lipinski definition) is 2. The average molecular weight is 232 g/mol. The van der Waals surface area contributed by atoms with Gasteiger partial charge < -0.3 is 9.47 Å². The third-order valence-corrected chi connectivity index (χ3v) is 4.27. The first kappa shape index (κ1) is 14.4. The summed E-state index contributed by atoms with van der Waals surface area (Å²) in [5.41, 5.74) is 0. The molecule has 0 aromatic heterocycles. The summed E-state index contributed by atoms with van der Waals surface area (Å²) in [7, 11) is -0.209. The lowest BCUT2D eigenvalue weighted by Gasteiger charge is -2.07. The second-order valence-electron chi connectivity index (χ2n) is 4.14. The largest absolute Gasteiger partial charge is 0.379 e.